The van der Waals surface area contributed by atoms with Gasteiger partial charge in [0.15, 0.2) is 0 Å². The Hall–Kier alpha value is -0.790. The SMILES string of the molecule is CC(C)c1cc(C2(C)CC2)on1. The summed E-state index contributed by atoms with van der Waals surface area (Å²) in [5.41, 5.74) is 1.40. The molecule has 2 nitrogen and oxygen atoms in total. The molecule has 1 aromatic rings. The van der Waals surface area contributed by atoms with Gasteiger partial charge in [0.2, 0.25) is 0 Å². The lowest BCUT2D eigenvalue weighted by Crippen LogP contribution is -1.96. The van der Waals surface area contributed by atoms with Crippen LogP contribution in [0.1, 0.15) is 51.0 Å². The lowest BCUT2D eigenvalue weighted by Gasteiger charge is -1.99. The van der Waals surface area contributed by atoms with Crippen molar-refractivity contribution in [3.63, 3.8) is 0 Å². The van der Waals surface area contributed by atoms with Crippen LogP contribution < -0.4 is 0 Å². The van der Waals surface area contributed by atoms with Gasteiger partial charge in [0.1, 0.15) is 5.76 Å². The smallest absolute Gasteiger partial charge is 0.142 e. The van der Waals surface area contributed by atoms with Gasteiger partial charge in [-0.2, -0.15) is 0 Å². The fourth-order valence-electron chi connectivity index (χ4n) is 1.28. The molecular weight excluding hydrogens is 150 g/mol. The summed E-state index contributed by atoms with van der Waals surface area (Å²) in [5, 5.41) is 4.05. The Balaban J connectivity index is 2.25. The summed E-state index contributed by atoms with van der Waals surface area (Å²) < 4.78 is 5.30. The van der Waals surface area contributed by atoms with E-state index in [1.165, 1.54) is 12.8 Å². The maximum absolute atomic E-state index is 5.30. The third-order valence-corrected chi connectivity index (χ3v) is 2.71. The molecule has 2 rings (SSSR count). The summed E-state index contributed by atoms with van der Waals surface area (Å²) in [7, 11) is 0. The first-order chi connectivity index (χ1) is 5.62. The molecule has 1 aromatic heterocycles. The van der Waals surface area contributed by atoms with Crippen LogP contribution in [0.2, 0.25) is 0 Å². The Morgan fingerprint density at radius 1 is 1.50 bits per heavy atom. The highest BCUT2D eigenvalue weighted by Gasteiger charge is 2.42. The van der Waals surface area contributed by atoms with Crippen LogP contribution in [0.3, 0.4) is 0 Å². The lowest BCUT2D eigenvalue weighted by atomic mass is 10.0. The third-order valence-electron chi connectivity index (χ3n) is 2.71. The number of hydrogen-bond acceptors (Lipinski definition) is 2. The first-order valence-corrected chi connectivity index (χ1v) is 4.59. The molecule has 1 saturated carbocycles. The van der Waals surface area contributed by atoms with Gasteiger partial charge in [0.25, 0.3) is 0 Å². The molecule has 1 fully saturated rings. The number of rotatable bonds is 2. The Bertz CT molecular complexity index is 284. The van der Waals surface area contributed by atoms with Crippen molar-refractivity contribution in [2.24, 2.45) is 0 Å². The number of nitrogens with zero attached hydrogens (tertiary/aromatic N) is 1. The molecular formula is C10H15NO. The Morgan fingerprint density at radius 2 is 2.17 bits per heavy atom. The maximum Gasteiger partial charge on any atom is 0.142 e. The summed E-state index contributed by atoms with van der Waals surface area (Å²) in [6.45, 7) is 6.51. The van der Waals surface area contributed by atoms with Crippen molar-refractivity contribution < 1.29 is 4.52 Å². The van der Waals surface area contributed by atoms with Crippen LogP contribution in [0, 0.1) is 0 Å². The van der Waals surface area contributed by atoms with Gasteiger partial charge >= 0.3 is 0 Å². The van der Waals surface area contributed by atoms with Crippen LogP contribution in [0.5, 0.6) is 0 Å². The van der Waals surface area contributed by atoms with Gasteiger partial charge < -0.3 is 4.52 Å². The number of aromatic nitrogens is 1. The minimum atomic E-state index is 0.320. The van der Waals surface area contributed by atoms with Crippen LogP contribution in [0.25, 0.3) is 0 Å². The summed E-state index contributed by atoms with van der Waals surface area (Å²) in [4.78, 5) is 0. The molecule has 1 aliphatic rings. The van der Waals surface area contributed by atoms with Crippen LogP contribution >= 0.6 is 0 Å². The zero-order chi connectivity index (χ0) is 8.77. The predicted octanol–water partition coefficient (Wildman–Crippen LogP) is 2.85. The molecule has 1 aliphatic carbocycles. The first kappa shape index (κ1) is 7.84. The molecule has 0 amide bonds. The Kier molecular flexibility index (Phi) is 1.53. The van der Waals surface area contributed by atoms with Crippen molar-refractivity contribution in [1.29, 1.82) is 0 Å². The van der Waals surface area contributed by atoms with Crippen LogP contribution in [-0.2, 0) is 5.41 Å². The molecule has 0 N–H and O–H groups in total. The predicted molar refractivity (Wildman–Crippen MR) is 47.2 cm³/mol. The van der Waals surface area contributed by atoms with Gasteiger partial charge in [-0.1, -0.05) is 25.9 Å². The Morgan fingerprint density at radius 3 is 2.58 bits per heavy atom. The average Bonchev–Trinajstić information content (AvgIpc) is 2.61. The van der Waals surface area contributed by atoms with Gasteiger partial charge in [-0.3, -0.25) is 0 Å². The van der Waals surface area contributed by atoms with E-state index < -0.39 is 0 Å². The zero-order valence-electron chi connectivity index (χ0n) is 7.92. The summed E-state index contributed by atoms with van der Waals surface area (Å²) >= 11 is 0. The molecule has 0 saturated heterocycles. The fraction of sp³-hybridized carbons (Fsp3) is 0.700. The molecule has 0 radical (unpaired) electrons. The fourth-order valence-corrected chi connectivity index (χ4v) is 1.28. The van der Waals surface area contributed by atoms with Crippen LogP contribution in [0.15, 0.2) is 10.6 Å². The highest BCUT2D eigenvalue weighted by molar-refractivity contribution is 5.22. The average molecular weight is 165 g/mol. The van der Waals surface area contributed by atoms with Crippen molar-refractivity contribution in [3.8, 4) is 0 Å². The van der Waals surface area contributed by atoms with E-state index >= 15 is 0 Å². The van der Waals surface area contributed by atoms with E-state index in [1.54, 1.807) is 0 Å². The van der Waals surface area contributed by atoms with Gasteiger partial charge in [0.05, 0.1) is 5.69 Å². The molecule has 0 spiro atoms. The van der Waals surface area contributed by atoms with Gasteiger partial charge in [-0.05, 0) is 18.8 Å². The highest BCUT2D eigenvalue weighted by atomic mass is 16.5. The monoisotopic (exact) mass is 165 g/mol. The summed E-state index contributed by atoms with van der Waals surface area (Å²) in [6, 6.07) is 2.11. The quantitative estimate of drug-likeness (QED) is 0.673. The second kappa shape index (κ2) is 2.35. The van der Waals surface area contributed by atoms with Gasteiger partial charge in [0, 0.05) is 11.5 Å². The molecule has 0 bridgehead atoms. The second-order valence-electron chi connectivity index (χ2n) is 4.33. The summed E-state index contributed by atoms with van der Waals surface area (Å²) in [6.07, 6.45) is 2.50. The van der Waals surface area contributed by atoms with E-state index in [-0.39, 0.29) is 0 Å². The van der Waals surface area contributed by atoms with Gasteiger partial charge in [-0.25, -0.2) is 0 Å². The van der Waals surface area contributed by atoms with Crippen molar-refractivity contribution in [2.75, 3.05) is 0 Å². The Labute approximate surface area is 72.9 Å². The third kappa shape index (κ3) is 1.15. The molecule has 0 atom stereocenters. The zero-order valence-corrected chi connectivity index (χ0v) is 7.92. The minimum Gasteiger partial charge on any atom is -0.361 e. The molecule has 1 heterocycles. The maximum atomic E-state index is 5.30. The van der Waals surface area contributed by atoms with Crippen molar-refractivity contribution in [1.82, 2.24) is 5.16 Å². The van der Waals surface area contributed by atoms with E-state index in [2.05, 4.69) is 32.0 Å². The van der Waals surface area contributed by atoms with E-state index in [0.29, 0.717) is 11.3 Å². The van der Waals surface area contributed by atoms with Crippen LogP contribution in [-0.4, -0.2) is 5.16 Å². The first-order valence-electron chi connectivity index (χ1n) is 4.59. The highest BCUT2D eigenvalue weighted by Crippen LogP contribution is 2.47. The number of hydrogen-bond donors (Lipinski definition) is 0. The van der Waals surface area contributed by atoms with E-state index in [4.69, 9.17) is 4.52 Å². The van der Waals surface area contributed by atoms with E-state index in [1.807, 2.05) is 0 Å². The minimum absolute atomic E-state index is 0.320. The van der Waals surface area contributed by atoms with Gasteiger partial charge in [-0.15, -0.1) is 0 Å². The largest absolute Gasteiger partial charge is 0.361 e. The standard InChI is InChI=1S/C10H15NO/c1-7(2)8-6-9(12-11-8)10(3)4-5-10/h6-7H,4-5H2,1-3H3. The van der Waals surface area contributed by atoms with E-state index in [9.17, 15) is 0 Å². The lowest BCUT2D eigenvalue weighted by molar-refractivity contribution is 0.353. The normalized spacial score (nSPS) is 20.0. The molecule has 12 heavy (non-hydrogen) atoms. The van der Waals surface area contributed by atoms with E-state index in [0.717, 1.165) is 11.5 Å². The van der Waals surface area contributed by atoms with Crippen LogP contribution in [0.4, 0.5) is 0 Å². The topological polar surface area (TPSA) is 26.0 Å². The molecule has 0 aliphatic heterocycles. The summed E-state index contributed by atoms with van der Waals surface area (Å²) in [5.74, 6) is 1.55. The molecule has 0 unspecified atom stereocenters. The van der Waals surface area contributed by atoms with Crippen molar-refractivity contribution >= 4 is 0 Å². The van der Waals surface area contributed by atoms with Crippen molar-refractivity contribution in [3.05, 3.63) is 17.5 Å². The molecule has 66 valence electrons. The second-order valence-corrected chi connectivity index (χ2v) is 4.33. The molecule has 0 aromatic carbocycles. The van der Waals surface area contributed by atoms with Crippen molar-refractivity contribution in [2.45, 2.75) is 44.9 Å². The molecule has 2 heteroatoms.